The molecule has 1 N–H and O–H groups in total. The topological polar surface area (TPSA) is 77.9 Å². The Bertz CT molecular complexity index is 970. The van der Waals surface area contributed by atoms with Gasteiger partial charge in [-0.25, -0.2) is 14.5 Å². The minimum Gasteiger partial charge on any atom is -0.321 e. The van der Waals surface area contributed by atoms with E-state index < -0.39 is 0 Å². The first kappa shape index (κ1) is 14.8. The highest BCUT2D eigenvalue weighted by molar-refractivity contribution is 7.14. The van der Waals surface area contributed by atoms with Crippen LogP contribution in [0.1, 0.15) is 30.8 Å². The average molecular weight is 354 g/mol. The first-order valence-corrected chi connectivity index (χ1v) is 9.27. The lowest BCUT2D eigenvalue weighted by atomic mass is 10.2. The van der Waals surface area contributed by atoms with Crippen LogP contribution in [0.25, 0.3) is 16.5 Å². The standard InChI is InChI=1S/C16H18N8S/c1-11(14-9-24-16(20-14)25-10-19-24)22-6-4-18-15(22)13-7-12-8-17-3-2-5-23(12)21-13/h4,6-7,9-11,17H,2-3,5,8H2,1H3/t11-/m0/s1. The molecule has 0 bridgehead atoms. The molecule has 128 valence electrons. The van der Waals surface area contributed by atoms with Gasteiger partial charge in [0.25, 0.3) is 0 Å². The number of rotatable bonds is 3. The fourth-order valence-corrected chi connectivity index (χ4v) is 3.90. The summed E-state index contributed by atoms with van der Waals surface area (Å²) in [6.07, 6.45) is 6.89. The minimum atomic E-state index is 0.0611. The third-order valence-corrected chi connectivity index (χ3v) is 5.33. The first-order chi connectivity index (χ1) is 12.3. The number of nitrogens with one attached hydrogen (secondary N) is 1. The molecule has 8 nitrogen and oxygen atoms in total. The normalized spacial score (nSPS) is 16.0. The number of imidazole rings is 2. The van der Waals surface area contributed by atoms with E-state index in [9.17, 15) is 0 Å². The molecule has 4 aromatic rings. The molecule has 1 aliphatic heterocycles. The van der Waals surface area contributed by atoms with E-state index in [-0.39, 0.29) is 6.04 Å². The van der Waals surface area contributed by atoms with Crippen molar-refractivity contribution < 1.29 is 0 Å². The van der Waals surface area contributed by atoms with Gasteiger partial charge in [0.1, 0.15) is 11.2 Å². The Morgan fingerprint density at radius 1 is 1.36 bits per heavy atom. The molecule has 0 amide bonds. The van der Waals surface area contributed by atoms with Crippen molar-refractivity contribution in [2.45, 2.75) is 32.5 Å². The third kappa shape index (κ3) is 2.47. The number of aryl methyl sites for hydroxylation is 1. The molecular formula is C16H18N8S. The molecule has 9 heteroatoms. The quantitative estimate of drug-likeness (QED) is 0.608. The summed E-state index contributed by atoms with van der Waals surface area (Å²) in [6, 6.07) is 2.20. The molecular weight excluding hydrogens is 336 g/mol. The summed E-state index contributed by atoms with van der Waals surface area (Å²) in [5.74, 6) is 0.873. The van der Waals surface area contributed by atoms with Crippen LogP contribution in [0.3, 0.4) is 0 Å². The minimum absolute atomic E-state index is 0.0611. The lowest BCUT2D eigenvalue weighted by Crippen LogP contribution is -2.11. The van der Waals surface area contributed by atoms with Crippen LogP contribution in [0.5, 0.6) is 0 Å². The van der Waals surface area contributed by atoms with E-state index in [0.29, 0.717) is 0 Å². The SMILES string of the molecule is C[C@@H](c1cn2ncsc2n1)n1ccnc1-c1cc2n(n1)CCCNC2. The van der Waals surface area contributed by atoms with E-state index in [0.717, 1.165) is 48.2 Å². The van der Waals surface area contributed by atoms with E-state index in [1.54, 1.807) is 5.51 Å². The Kier molecular flexibility index (Phi) is 3.42. The van der Waals surface area contributed by atoms with Gasteiger partial charge in [0.05, 0.1) is 23.6 Å². The van der Waals surface area contributed by atoms with E-state index in [2.05, 4.69) is 42.6 Å². The van der Waals surface area contributed by atoms with Crippen LogP contribution >= 0.6 is 11.3 Å². The number of fused-ring (bicyclic) bond motifs is 2. The molecule has 0 unspecified atom stereocenters. The maximum atomic E-state index is 4.78. The summed E-state index contributed by atoms with van der Waals surface area (Å²) < 4.78 is 6.04. The molecule has 0 aromatic carbocycles. The second-order valence-electron chi connectivity index (χ2n) is 6.24. The summed E-state index contributed by atoms with van der Waals surface area (Å²) in [4.78, 5) is 10.1. The fraction of sp³-hybridized carbons (Fsp3) is 0.375. The molecule has 0 fully saturated rings. The van der Waals surface area contributed by atoms with Gasteiger partial charge >= 0.3 is 0 Å². The van der Waals surface area contributed by atoms with Gasteiger partial charge in [0.15, 0.2) is 5.82 Å². The van der Waals surface area contributed by atoms with E-state index in [1.165, 1.54) is 17.0 Å². The molecule has 5 rings (SSSR count). The zero-order valence-electron chi connectivity index (χ0n) is 13.8. The van der Waals surface area contributed by atoms with Crippen molar-refractivity contribution in [3.63, 3.8) is 0 Å². The van der Waals surface area contributed by atoms with Gasteiger partial charge in [-0.15, -0.1) is 0 Å². The molecule has 5 heterocycles. The van der Waals surface area contributed by atoms with Crippen LogP contribution in [0.15, 0.2) is 30.2 Å². The van der Waals surface area contributed by atoms with E-state index in [4.69, 9.17) is 5.10 Å². The maximum absolute atomic E-state index is 4.78. The summed E-state index contributed by atoms with van der Waals surface area (Å²) in [6.45, 7) is 4.96. The monoisotopic (exact) mass is 354 g/mol. The molecule has 25 heavy (non-hydrogen) atoms. The highest BCUT2D eigenvalue weighted by Crippen LogP contribution is 2.26. The average Bonchev–Trinajstić information content (AvgIpc) is 3.35. The largest absolute Gasteiger partial charge is 0.321 e. The second kappa shape index (κ2) is 5.78. The van der Waals surface area contributed by atoms with Crippen molar-refractivity contribution in [2.24, 2.45) is 0 Å². The second-order valence-corrected chi connectivity index (χ2v) is 7.05. The number of aromatic nitrogens is 7. The predicted octanol–water partition coefficient (Wildman–Crippen LogP) is 1.95. The van der Waals surface area contributed by atoms with Crippen LogP contribution in [-0.2, 0) is 13.1 Å². The Balaban J connectivity index is 1.52. The zero-order valence-corrected chi connectivity index (χ0v) is 14.6. The smallest absolute Gasteiger partial charge is 0.212 e. The van der Waals surface area contributed by atoms with Crippen molar-refractivity contribution in [3.05, 3.63) is 41.6 Å². The first-order valence-electron chi connectivity index (χ1n) is 8.39. The van der Waals surface area contributed by atoms with Gasteiger partial charge in [-0.2, -0.15) is 10.2 Å². The molecule has 0 aliphatic carbocycles. The number of nitrogens with zero attached hydrogens (tertiary/aromatic N) is 7. The summed E-state index contributed by atoms with van der Waals surface area (Å²) in [5, 5.41) is 12.5. The number of hydrogen-bond acceptors (Lipinski definition) is 6. The van der Waals surface area contributed by atoms with Crippen LogP contribution in [0.4, 0.5) is 0 Å². The van der Waals surface area contributed by atoms with E-state index in [1.807, 2.05) is 23.1 Å². The van der Waals surface area contributed by atoms with Crippen LogP contribution in [0, 0.1) is 0 Å². The molecule has 1 atom stereocenters. The summed E-state index contributed by atoms with van der Waals surface area (Å²) in [5.41, 5.74) is 4.89. The van der Waals surface area contributed by atoms with Gasteiger partial charge < -0.3 is 9.88 Å². The molecule has 0 saturated carbocycles. The van der Waals surface area contributed by atoms with Gasteiger partial charge in [0.2, 0.25) is 4.96 Å². The molecule has 1 aliphatic rings. The summed E-state index contributed by atoms with van der Waals surface area (Å²) in [7, 11) is 0. The van der Waals surface area contributed by atoms with Crippen molar-refractivity contribution in [1.82, 2.24) is 39.2 Å². The van der Waals surface area contributed by atoms with Gasteiger partial charge in [0, 0.05) is 25.5 Å². The molecule has 0 radical (unpaired) electrons. The van der Waals surface area contributed by atoms with Crippen molar-refractivity contribution in [2.75, 3.05) is 6.54 Å². The Morgan fingerprint density at radius 3 is 3.24 bits per heavy atom. The molecule has 0 saturated heterocycles. The van der Waals surface area contributed by atoms with Crippen molar-refractivity contribution in [3.8, 4) is 11.5 Å². The number of hydrogen-bond donors (Lipinski definition) is 1. The lowest BCUT2D eigenvalue weighted by Gasteiger charge is -2.13. The fourth-order valence-electron chi connectivity index (χ4n) is 3.29. The summed E-state index contributed by atoms with van der Waals surface area (Å²) >= 11 is 1.54. The van der Waals surface area contributed by atoms with Crippen molar-refractivity contribution in [1.29, 1.82) is 0 Å². The van der Waals surface area contributed by atoms with Crippen molar-refractivity contribution >= 4 is 16.3 Å². The Labute approximate surface area is 148 Å². The molecule has 0 spiro atoms. The van der Waals surface area contributed by atoms with Crippen LogP contribution < -0.4 is 5.32 Å². The van der Waals surface area contributed by atoms with E-state index >= 15 is 0 Å². The molecule has 4 aromatic heterocycles. The van der Waals surface area contributed by atoms with Gasteiger partial charge in [-0.1, -0.05) is 11.3 Å². The van der Waals surface area contributed by atoms with Gasteiger partial charge in [-0.05, 0) is 26.0 Å². The predicted molar refractivity (Wildman–Crippen MR) is 94.4 cm³/mol. The maximum Gasteiger partial charge on any atom is 0.212 e. The zero-order chi connectivity index (χ0) is 16.8. The van der Waals surface area contributed by atoms with Crippen LogP contribution in [-0.4, -0.2) is 40.5 Å². The lowest BCUT2D eigenvalue weighted by molar-refractivity contribution is 0.585. The van der Waals surface area contributed by atoms with Gasteiger partial charge in [-0.3, -0.25) is 4.68 Å². The Hall–Kier alpha value is -2.52. The highest BCUT2D eigenvalue weighted by Gasteiger charge is 2.20. The van der Waals surface area contributed by atoms with Crippen LogP contribution in [0.2, 0.25) is 0 Å². The highest BCUT2D eigenvalue weighted by atomic mass is 32.1. The third-order valence-electron chi connectivity index (χ3n) is 4.64. The Morgan fingerprint density at radius 2 is 2.32 bits per heavy atom.